The van der Waals surface area contributed by atoms with E-state index in [0.29, 0.717) is 29.2 Å². The van der Waals surface area contributed by atoms with Crippen molar-refractivity contribution < 1.29 is 36.9 Å². The normalized spacial score (nSPS) is 18.6. The number of aromatic nitrogens is 3. The molecular formula is C24H22F3N5O5S. The highest BCUT2D eigenvalue weighted by molar-refractivity contribution is 7.16. The number of likely N-dealkylation sites (tertiary alicyclic amines) is 1. The van der Waals surface area contributed by atoms with Gasteiger partial charge in [0.15, 0.2) is 16.3 Å². The van der Waals surface area contributed by atoms with E-state index in [-0.39, 0.29) is 33.9 Å². The van der Waals surface area contributed by atoms with Crippen molar-refractivity contribution in [2.24, 2.45) is 0 Å². The van der Waals surface area contributed by atoms with Gasteiger partial charge in [-0.15, -0.1) is 0 Å². The van der Waals surface area contributed by atoms with Gasteiger partial charge in [0, 0.05) is 25.8 Å². The number of nitrogens with zero attached hydrogens (tertiary/aromatic N) is 4. The van der Waals surface area contributed by atoms with Gasteiger partial charge >= 0.3 is 6.18 Å². The van der Waals surface area contributed by atoms with E-state index in [1.807, 2.05) is 0 Å². The molecule has 1 N–H and O–H groups in total. The summed E-state index contributed by atoms with van der Waals surface area (Å²) in [6.45, 7) is 0.820. The summed E-state index contributed by atoms with van der Waals surface area (Å²) in [5, 5.41) is 2.97. The number of ether oxygens (including phenoxy) is 4. The Balaban J connectivity index is 1.38. The first kappa shape index (κ1) is 24.8. The Bertz CT molecular complexity index is 1410. The standard InChI is InChI=1S/C24H22F3N5O5S/c1-34-19-15(20(35-2)29-11-28-19)18(33)31-21-30-16-13-5-4-12(24(25,26)27)8-14(13)37-22(17(16)38-21)9-32(10-22)23(36-3)6-7-23/h4-5,8,11H,6-7,9-10H2,1-3H3,(H,30,31,33). The number of amides is 1. The number of anilines is 1. The van der Waals surface area contributed by atoms with Crippen molar-refractivity contribution in [3.8, 4) is 28.8 Å². The lowest BCUT2D eigenvalue weighted by molar-refractivity contribution is -0.176. The third-order valence-corrected chi connectivity index (χ3v) is 8.21. The first-order valence-corrected chi connectivity index (χ1v) is 12.4. The van der Waals surface area contributed by atoms with Crippen LogP contribution in [0.15, 0.2) is 24.5 Å². The van der Waals surface area contributed by atoms with Crippen LogP contribution in [0.3, 0.4) is 0 Å². The maximum Gasteiger partial charge on any atom is 0.416 e. The summed E-state index contributed by atoms with van der Waals surface area (Å²) in [7, 11) is 4.37. The molecule has 38 heavy (non-hydrogen) atoms. The molecule has 0 bridgehead atoms. The molecule has 3 aliphatic rings. The SMILES string of the molecule is COc1ncnc(OC)c1C(=O)Nc1nc2c(s1)C1(CN(C3(OC)CC3)C1)Oc1cc(C(F)(F)F)ccc1-2. The number of methoxy groups -OCH3 is 3. The summed E-state index contributed by atoms with van der Waals surface area (Å²) < 4.78 is 62.8. The Morgan fingerprint density at radius 2 is 1.82 bits per heavy atom. The van der Waals surface area contributed by atoms with Crippen LogP contribution in [-0.4, -0.2) is 65.9 Å². The first-order valence-electron chi connectivity index (χ1n) is 11.6. The second-order valence-corrected chi connectivity index (χ2v) is 10.2. The van der Waals surface area contributed by atoms with E-state index in [1.54, 1.807) is 7.11 Å². The van der Waals surface area contributed by atoms with Gasteiger partial charge in [-0.05, 0) is 31.0 Å². The lowest BCUT2D eigenvalue weighted by atomic mass is 9.86. The fourth-order valence-electron chi connectivity index (χ4n) is 4.94. The summed E-state index contributed by atoms with van der Waals surface area (Å²) in [6.07, 6.45) is -1.58. The molecule has 6 rings (SSSR count). The van der Waals surface area contributed by atoms with Gasteiger partial charge in [-0.2, -0.15) is 13.2 Å². The zero-order valence-corrected chi connectivity index (χ0v) is 21.3. The molecular weight excluding hydrogens is 527 g/mol. The van der Waals surface area contributed by atoms with Gasteiger partial charge in [-0.3, -0.25) is 15.0 Å². The molecule has 10 nitrogen and oxygen atoms in total. The van der Waals surface area contributed by atoms with Crippen molar-refractivity contribution in [3.63, 3.8) is 0 Å². The number of alkyl halides is 3. The van der Waals surface area contributed by atoms with Crippen LogP contribution in [0, 0.1) is 0 Å². The minimum atomic E-state index is -4.53. The Kier molecular flexibility index (Phi) is 5.56. The summed E-state index contributed by atoms with van der Waals surface area (Å²) in [5.41, 5.74) is -1.24. The quantitative estimate of drug-likeness (QED) is 0.489. The minimum absolute atomic E-state index is 0.0163. The molecule has 1 aromatic carbocycles. The molecule has 0 unspecified atom stereocenters. The van der Waals surface area contributed by atoms with Crippen LogP contribution in [0.25, 0.3) is 11.3 Å². The number of fused-ring (bicyclic) bond motifs is 4. The largest absolute Gasteiger partial charge is 0.480 e. The average molecular weight is 550 g/mol. The zero-order valence-electron chi connectivity index (χ0n) is 20.5. The summed E-state index contributed by atoms with van der Waals surface area (Å²) in [5.74, 6) is -0.481. The first-order chi connectivity index (χ1) is 18.1. The Morgan fingerprint density at radius 3 is 2.39 bits per heavy atom. The fraction of sp³-hybridized carbons (Fsp3) is 0.417. The maximum atomic E-state index is 13.5. The molecule has 2 aromatic heterocycles. The van der Waals surface area contributed by atoms with Gasteiger partial charge in [-0.25, -0.2) is 15.0 Å². The van der Waals surface area contributed by atoms with Crippen LogP contribution in [0.1, 0.15) is 33.6 Å². The molecule has 1 saturated heterocycles. The van der Waals surface area contributed by atoms with Crippen LogP contribution in [-0.2, 0) is 16.5 Å². The smallest absolute Gasteiger partial charge is 0.416 e. The lowest BCUT2D eigenvalue weighted by Gasteiger charge is -2.53. The van der Waals surface area contributed by atoms with E-state index >= 15 is 0 Å². The van der Waals surface area contributed by atoms with E-state index in [4.69, 9.17) is 18.9 Å². The van der Waals surface area contributed by atoms with Crippen molar-refractivity contribution in [1.82, 2.24) is 19.9 Å². The van der Waals surface area contributed by atoms with Gasteiger partial charge in [0.05, 0.1) is 30.4 Å². The number of carbonyl (C=O) groups is 1. The van der Waals surface area contributed by atoms with Crippen LogP contribution < -0.4 is 19.5 Å². The second-order valence-electron chi connectivity index (χ2n) is 9.23. The van der Waals surface area contributed by atoms with E-state index in [2.05, 4.69) is 25.2 Å². The average Bonchev–Trinajstić information content (AvgIpc) is 3.56. The fourth-order valence-corrected chi connectivity index (χ4v) is 6.02. The highest BCUT2D eigenvalue weighted by Gasteiger charge is 2.62. The molecule has 1 spiro atoms. The number of benzene rings is 1. The molecule has 1 saturated carbocycles. The third kappa shape index (κ3) is 3.77. The van der Waals surface area contributed by atoms with Crippen LogP contribution in [0.4, 0.5) is 18.3 Å². The number of rotatable bonds is 6. The monoisotopic (exact) mass is 549 g/mol. The predicted molar refractivity (Wildman–Crippen MR) is 128 cm³/mol. The number of halogens is 3. The Morgan fingerprint density at radius 1 is 1.13 bits per heavy atom. The van der Waals surface area contributed by atoms with Crippen LogP contribution >= 0.6 is 11.3 Å². The molecule has 0 radical (unpaired) electrons. The lowest BCUT2D eigenvalue weighted by Crippen LogP contribution is -2.66. The van der Waals surface area contributed by atoms with Gasteiger partial charge in [0.25, 0.3) is 5.91 Å². The number of hydrogen-bond acceptors (Lipinski definition) is 10. The number of nitrogens with one attached hydrogen (secondary N) is 1. The van der Waals surface area contributed by atoms with Gasteiger partial charge < -0.3 is 18.9 Å². The van der Waals surface area contributed by atoms with Gasteiger partial charge in [0.1, 0.15) is 17.8 Å². The van der Waals surface area contributed by atoms with E-state index in [0.717, 1.165) is 25.0 Å². The molecule has 14 heteroatoms. The molecule has 0 atom stereocenters. The molecule has 1 aliphatic carbocycles. The molecule has 2 fully saturated rings. The van der Waals surface area contributed by atoms with Gasteiger partial charge in [-0.1, -0.05) is 11.3 Å². The summed E-state index contributed by atoms with van der Waals surface area (Å²) in [6, 6.07) is 3.34. The Hall–Kier alpha value is -3.49. The maximum absolute atomic E-state index is 13.5. The van der Waals surface area contributed by atoms with Crippen molar-refractivity contribution in [3.05, 3.63) is 40.5 Å². The van der Waals surface area contributed by atoms with Crippen LogP contribution in [0.5, 0.6) is 17.5 Å². The number of hydrogen-bond donors (Lipinski definition) is 1. The third-order valence-electron chi connectivity index (χ3n) is 7.05. The molecule has 200 valence electrons. The molecule has 2 aliphatic heterocycles. The number of carbonyl (C=O) groups excluding carboxylic acids is 1. The van der Waals surface area contributed by atoms with Crippen molar-refractivity contribution >= 4 is 22.4 Å². The number of thiazole rings is 1. The van der Waals surface area contributed by atoms with Crippen molar-refractivity contribution in [2.45, 2.75) is 30.3 Å². The molecule has 3 aromatic rings. The van der Waals surface area contributed by atoms with E-state index in [9.17, 15) is 18.0 Å². The highest BCUT2D eigenvalue weighted by atomic mass is 32.1. The van der Waals surface area contributed by atoms with Crippen LogP contribution in [0.2, 0.25) is 0 Å². The molecule has 4 heterocycles. The summed E-state index contributed by atoms with van der Waals surface area (Å²) >= 11 is 1.20. The second kappa shape index (κ2) is 8.51. The topological polar surface area (TPSA) is 108 Å². The summed E-state index contributed by atoms with van der Waals surface area (Å²) in [4.78, 5) is 28.6. The van der Waals surface area contributed by atoms with Gasteiger partial charge in [0.2, 0.25) is 11.8 Å². The van der Waals surface area contributed by atoms with E-state index < -0.39 is 23.2 Å². The van der Waals surface area contributed by atoms with Crippen molar-refractivity contribution in [1.29, 1.82) is 0 Å². The zero-order chi connectivity index (χ0) is 26.9. The van der Waals surface area contributed by atoms with E-state index in [1.165, 1.54) is 38.0 Å². The predicted octanol–water partition coefficient (Wildman–Crippen LogP) is 3.93. The minimum Gasteiger partial charge on any atom is -0.480 e. The Labute approximate surface area is 218 Å². The highest BCUT2D eigenvalue weighted by Crippen LogP contribution is 2.57. The van der Waals surface area contributed by atoms with Crippen molar-refractivity contribution in [2.75, 3.05) is 39.7 Å². The molecule has 1 amide bonds.